The number of hydrogen-bond donors (Lipinski definition) is 2. The normalized spacial score (nSPS) is 25.3. The minimum absolute atomic E-state index is 0.0941. The molecule has 0 radical (unpaired) electrons. The maximum atomic E-state index is 11.9. The summed E-state index contributed by atoms with van der Waals surface area (Å²) in [5, 5.41) is 0.0941. The van der Waals surface area contributed by atoms with E-state index in [-0.39, 0.29) is 17.2 Å². The van der Waals surface area contributed by atoms with Gasteiger partial charge in [0.25, 0.3) is 10.0 Å². The van der Waals surface area contributed by atoms with Gasteiger partial charge in [-0.25, -0.2) is 18.1 Å². The van der Waals surface area contributed by atoms with Crippen LogP contribution in [-0.4, -0.2) is 37.1 Å². The van der Waals surface area contributed by atoms with E-state index in [1.807, 2.05) is 6.92 Å². The van der Waals surface area contributed by atoms with Gasteiger partial charge < -0.3 is 9.72 Å². The molecule has 0 spiro atoms. The Kier molecular flexibility index (Phi) is 3.24. The first-order valence-electron chi connectivity index (χ1n) is 5.57. The van der Waals surface area contributed by atoms with Crippen LogP contribution in [0.2, 0.25) is 0 Å². The van der Waals surface area contributed by atoms with Gasteiger partial charge in [0.1, 0.15) is 5.82 Å². The molecule has 0 bridgehead atoms. The number of hydrogen-bond acceptors (Lipinski definition) is 4. The van der Waals surface area contributed by atoms with Crippen molar-refractivity contribution >= 4 is 10.0 Å². The average molecular weight is 259 g/mol. The van der Waals surface area contributed by atoms with Crippen molar-refractivity contribution in [2.75, 3.05) is 13.2 Å². The Morgan fingerprint density at radius 3 is 2.94 bits per heavy atom. The third-order valence-corrected chi connectivity index (χ3v) is 4.22. The van der Waals surface area contributed by atoms with Gasteiger partial charge in [-0.05, 0) is 26.7 Å². The van der Waals surface area contributed by atoms with Crippen LogP contribution in [0, 0.1) is 6.92 Å². The monoisotopic (exact) mass is 259 g/mol. The number of ether oxygens (including phenoxy) is 1. The number of H-pyrrole nitrogens is 1. The molecule has 2 rings (SSSR count). The molecule has 1 atom stereocenters. The van der Waals surface area contributed by atoms with Crippen LogP contribution in [0.1, 0.15) is 25.6 Å². The topological polar surface area (TPSA) is 84.1 Å². The first kappa shape index (κ1) is 12.5. The smallest absolute Gasteiger partial charge is 0.257 e. The molecule has 1 fully saturated rings. The summed E-state index contributed by atoms with van der Waals surface area (Å²) in [6, 6.07) is 0. The number of aromatic nitrogens is 2. The zero-order valence-corrected chi connectivity index (χ0v) is 10.8. The van der Waals surface area contributed by atoms with Crippen molar-refractivity contribution in [3.8, 4) is 0 Å². The maximum Gasteiger partial charge on any atom is 0.257 e. The molecule has 1 unspecified atom stereocenters. The molecule has 7 heteroatoms. The van der Waals surface area contributed by atoms with Crippen LogP contribution in [0.4, 0.5) is 0 Å². The quantitative estimate of drug-likeness (QED) is 0.827. The summed E-state index contributed by atoms with van der Waals surface area (Å²) in [5.74, 6) is 0.578. The minimum Gasteiger partial charge on any atom is -0.374 e. The number of nitrogens with one attached hydrogen (secondary N) is 2. The van der Waals surface area contributed by atoms with Crippen molar-refractivity contribution in [1.82, 2.24) is 14.7 Å². The fourth-order valence-corrected chi connectivity index (χ4v) is 2.96. The molecule has 1 saturated heterocycles. The van der Waals surface area contributed by atoms with Crippen LogP contribution in [0.15, 0.2) is 11.2 Å². The van der Waals surface area contributed by atoms with Crippen molar-refractivity contribution < 1.29 is 13.2 Å². The third kappa shape index (κ3) is 2.85. The Morgan fingerprint density at radius 1 is 1.65 bits per heavy atom. The van der Waals surface area contributed by atoms with E-state index < -0.39 is 10.0 Å². The van der Waals surface area contributed by atoms with Crippen molar-refractivity contribution in [3.63, 3.8) is 0 Å². The summed E-state index contributed by atoms with van der Waals surface area (Å²) in [6.45, 7) is 4.61. The second-order valence-electron chi connectivity index (χ2n) is 4.56. The van der Waals surface area contributed by atoms with E-state index in [1.165, 1.54) is 6.20 Å². The molecule has 6 nitrogen and oxygen atoms in total. The van der Waals surface area contributed by atoms with E-state index >= 15 is 0 Å². The molecule has 0 aromatic carbocycles. The molecular formula is C10H17N3O3S. The van der Waals surface area contributed by atoms with Gasteiger partial charge in [-0.3, -0.25) is 0 Å². The van der Waals surface area contributed by atoms with E-state index in [1.54, 1.807) is 6.92 Å². The first-order valence-corrected chi connectivity index (χ1v) is 7.05. The molecule has 2 N–H and O–H groups in total. The Labute approximate surface area is 101 Å². The second kappa shape index (κ2) is 4.40. The summed E-state index contributed by atoms with van der Waals surface area (Å²) in [4.78, 5) is 6.58. The van der Waals surface area contributed by atoms with Gasteiger partial charge in [-0.2, -0.15) is 0 Å². The number of nitrogens with zero attached hydrogens (tertiary/aromatic N) is 1. The molecule has 0 amide bonds. The number of aromatic amines is 1. The molecular weight excluding hydrogens is 242 g/mol. The highest BCUT2D eigenvalue weighted by molar-refractivity contribution is 7.89. The molecule has 2 heterocycles. The number of imidazole rings is 1. The lowest BCUT2D eigenvalue weighted by atomic mass is 10.0. The highest BCUT2D eigenvalue weighted by atomic mass is 32.2. The highest BCUT2D eigenvalue weighted by Gasteiger charge is 2.31. The van der Waals surface area contributed by atoms with Gasteiger partial charge >= 0.3 is 0 Å². The Hall–Kier alpha value is -0.920. The Balaban J connectivity index is 2.03. The summed E-state index contributed by atoms with van der Waals surface area (Å²) >= 11 is 0. The van der Waals surface area contributed by atoms with Gasteiger partial charge in [-0.1, -0.05) is 0 Å². The van der Waals surface area contributed by atoms with Crippen molar-refractivity contribution in [2.45, 2.75) is 37.3 Å². The number of rotatable bonds is 4. The van der Waals surface area contributed by atoms with Gasteiger partial charge in [0.2, 0.25) is 0 Å². The molecule has 0 saturated carbocycles. The Morgan fingerprint density at radius 2 is 2.41 bits per heavy atom. The van der Waals surface area contributed by atoms with E-state index in [0.29, 0.717) is 12.4 Å². The average Bonchev–Trinajstić information content (AvgIpc) is 2.86. The van der Waals surface area contributed by atoms with Gasteiger partial charge in [0.05, 0.1) is 11.8 Å². The molecule has 0 aliphatic carbocycles. The van der Waals surface area contributed by atoms with Crippen LogP contribution < -0.4 is 4.72 Å². The summed E-state index contributed by atoms with van der Waals surface area (Å²) in [6.07, 6.45) is 3.16. The van der Waals surface area contributed by atoms with E-state index in [4.69, 9.17) is 4.74 Å². The SMILES string of the molecule is Cc1ncc(S(=O)(=O)NCC2(C)CCCO2)[nH]1. The van der Waals surface area contributed by atoms with E-state index in [0.717, 1.165) is 12.8 Å². The van der Waals surface area contributed by atoms with Crippen molar-refractivity contribution in [1.29, 1.82) is 0 Å². The van der Waals surface area contributed by atoms with Crippen LogP contribution in [0.5, 0.6) is 0 Å². The lowest BCUT2D eigenvalue weighted by Gasteiger charge is -2.22. The van der Waals surface area contributed by atoms with Gasteiger partial charge in [-0.15, -0.1) is 0 Å². The molecule has 1 aliphatic rings. The molecule has 17 heavy (non-hydrogen) atoms. The molecule has 96 valence electrons. The largest absolute Gasteiger partial charge is 0.374 e. The standard InChI is InChI=1S/C10H17N3O3S/c1-8-11-6-9(13-8)17(14,15)12-7-10(2)4-3-5-16-10/h6,12H,3-5,7H2,1-2H3,(H,11,13). The zero-order valence-electron chi connectivity index (χ0n) is 9.99. The first-order chi connectivity index (χ1) is 7.91. The van der Waals surface area contributed by atoms with Crippen LogP contribution in [-0.2, 0) is 14.8 Å². The molecule has 1 aromatic heterocycles. The summed E-state index contributed by atoms with van der Waals surface area (Å²) in [5.41, 5.74) is -0.387. The summed E-state index contributed by atoms with van der Waals surface area (Å²) in [7, 11) is -3.51. The summed E-state index contributed by atoms with van der Waals surface area (Å²) < 4.78 is 31.9. The fourth-order valence-electron chi connectivity index (χ4n) is 1.84. The fraction of sp³-hybridized carbons (Fsp3) is 0.700. The third-order valence-electron chi connectivity index (χ3n) is 2.91. The van der Waals surface area contributed by atoms with E-state index in [9.17, 15) is 8.42 Å². The van der Waals surface area contributed by atoms with Crippen molar-refractivity contribution in [3.05, 3.63) is 12.0 Å². The van der Waals surface area contributed by atoms with Crippen molar-refractivity contribution in [2.24, 2.45) is 0 Å². The second-order valence-corrected chi connectivity index (χ2v) is 6.29. The molecule has 1 aliphatic heterocycles. The predicted molar refractivity (Wildman–Crippen MR) is 62.1 cm³/mol. The minimum atomic E-state index is -3.51. The highest BCUT2D eigenvalue weighted by Crippen LogP contribution is 2.24. The van der Waals surface area contributed by atoms with Crippen LogP contribution >= 0.6 is 0 Å². The lowest BCUT2D eigenvalue weighted by molar-refractivity contribution is 0.0250. The number of aryl methyl sites for hydroxylation is 1. The van der Waals surface area contributed by atoms with Crippen LogP contribution in [0.25, 0.3) is 0 Å². The lowest BCUT2D eigenvalue weighted by Crippen LogP contribution is -2.40. The zero-order chi connectivity index (χ0) is 12.5. The van der Waals surface area contributed by atoms with Gasteiger partial charge in [0.15, 0.2) is 5.03 Å². The number of sulfonamides is 1. The van der Waals surface area contributed by atoms with E-state index in [2.05, 4.69) is 14.7 Å². The molecule has 1 aromatic rings. The van der Waals surface area contributed by atoms with Crippen LogP contribution in [0.3, 0.4) is 0 Å². The maximum absolute atomic E-state index is 11.9. The Bertz CT molecular complexity index is 489. The predicted octanol–water partition coefficient (Wildman–Crippen LogP) is 0.566. The van der Waals surface area contributed by atoms with Gasteiger partial charge in [0, 0.05) is 13.2 Å².